The largest absolute Gasteiger partial charge is 0.497 e. The molecule has 1 N–H and O–H groups in total. The summed E-state index contributed by atoms with van der Waals surface area (Å²) in [6.07, 6.45) is 0.642. The van der Waals surface area contributed by atoms with Gasteiger partial charge < -0.3 is 14.6 Å². The first kappa shape index (κ1) is 20.5. The molecule has 0 aliphatic carbocycles. The molecule has 0 aliphatic heterocycles. The Hall–Kier alpha value is -3.81. The first-order valence-electron chi connectivity index (χ1n) is 9.57. The Morgan fingerprint density at radius 2 is 1.90 bits per heavy atom. The number of hydrogen-bond acceptors (Lipinski definition) is 4. The molecule has 6 nitrogen and oxygen atoms in total. The maximum Gasteiger partial charge on any atom is 0.295 e. The molecule has 0 spiro atoms. The third-order valence-corrected chi connectivity index (χ3v) is 5.09. The Labute approximate surface area is 177 Å². The predicted octanol–water partition coefficient (Wildman–Crippen LogP) is 4.43. The smallest absolute Gasteiger partial charge is 0.295 e. The number of nitrogens with one attached hydrogen (secondary N) is 1. The first-order valence-corrected chi connectivity index (χ1v) is 9.57. The molecule has 0 saturated heterocycles. The Kier molecular flexibility index (Phi) is 5.62. The van der Waals surface area contributed by atoms with Gasteiger partial charge in [-0.2, -0.15) is 0 Å². The molecule has 31 heavy (non-hydrogen) atoms. The van der Waals surface area contributed by atoms with Crippen LogP contribution in [-0.4, -0.2) is 27.6 Å². The monoisotopic (exact) mass is 422 g/mol. The second-order valence-corrected chi connectivity index (χ2v) is 7.00. The summed E-state index contributed by atoms with van der Waals surface area (Å²) in [4.78, 5) is 21.2. The quantitative estimate of drug-likeness (QED) is 0.499. The Bertz CT molecular complexity index is 1220. The van der Waals surface area contributed by atoms with Gasteiger partial charge in [0.05, 0.1) is 24.2 Å². The second-order valence-electron chi connectivity index (χ2n) is 7.00. The molecule has 158 valence electrons. The third kappa shape index (κ3) is 4.09. The van der Waals surface area contributed by atoms with E-state index in [4.69, 9.17) is 4.74 Å². The molecule has 0 aliphatic rings. The van der Waals surface area contributed by atoms with Crippen molar-refractivity contribution in [1.82, 2.24) is 19.9 Å². The number of alkyl halides is 2. The van der Waals surface area contributed by atoms with Gasteiger partial charge in [0.15, 0.2) is 5.82 Å². The number of carbonyl (C=O) groups excluding carboxylic acids is 1. The molecule has 0 bridgehead atoms. The molecular weight excluding hydrogens is 402 g/mol. The molecule has 2 heterocycles. The number of aryl methyl sites for hydroxylation is 1. The maximum absolute atomic E-state index is 13.2. The summed E-state index contributed by atoms with van der Waals surface area (Å²) in [5, 5.41) is 3.01. The van der Waals surface area contributed by atoms with Crippen LogP contribution in [0.4, 0.5) is 8.78 Å². The number of hydrogen-bond donors (Lipinski definition) is 1. The van der Waals surface area contributed by atoms with Crippen molar-refractivity contribution in [2.45, 2.75) is 12.5 Å². The molecule has 8 heteroatoms. The highest BCUT2D eigenvalue weighted by Crippen LogP contribution is 2.27. The Morgan fingerprint density at radius 3 is 2.61 bits per heavy atom. The average Bonchev–Trinajstić information content (AvgIpc) is 3.14. The molecule has 4 rings (SSSR count). The summed E-state index contributed by atoms with van der Waals surface area (Å²) >= 11 is 0. The van der Waals surface area contributed by atoms with E-state index in [2.05, 4.69) is 15.3 Å². The fourth-order valence-electron chi connectivity index (χ4n) is 3.50. The molecule has 0 fully saturated rings. The highest BCUT2D eigenvalue weighted by Gasteiger charge is 2.21. The average molecular weight is 422 g/mol. The number of halogens is 2. The normalized spacial score (nSPS) is 12.2. The molecule has 1 atom stereocenters. The fraction of sp³-hybridized carbons (Fsp3) is 0.174. The van der Waals surface area contributed by atoms with Crippen molar-refractivity contribution in [2.24, 2.45) is 7.05 Å². The summed E-state index contributed by atoms with van der Waals surface area (Å²) < 4.78 is 33.0. The van der Waals surface area contributed by atoms with E-state index >= 15 is 0 Å². The minimum absolute atomic E-state index is 0.322. The third-order valence-electron chi connectivity index (χ3n) is 5.09. The van der Waals surface area contributed by atoms with E-state index in [1.54, 1.807) is 37.7 Å². The van der Waals surface area contributed by atoms with Gasteiger partial charge in [-0.25, -0.2) is 13.8 Å². The number of ether oxygens (including phenoxy) is 1. The number of aromatic nitrogens is 3. The molecule has 1 amide bonds. The van der Waals surface area contributed by atoms with Crippen LogP contribution in [0.5, 0.6) is 5.75 Å². The lowest BCUT2D eigenvalue weighted by Gasteiger charge is -2.20. The van der Waals surface area contributed by atoms with Gasteiger partial charge in [-0.05, 0) is 47.5 Å². The number of rotatable bonds is 6. The van der Waals surface area contributed by atoms with Gasteiger partial charge in [-0.15, -0.1) is 0 Å². The summed E-state index contributed by atoms with van der Waals surface area (Å²) in [7, 11) is 3.10. The van der Waals surface area contributed by atoms with Crippen molar-refractivity contribution in [2.75, 3.05) is 7.11 Å². The van der Waals surface area contributed by atoms with E-state index in [9.17, 15) is 13.6 Å². The van der Waals surface area contributed by atoms with Crippen molar-refractivity contribution in [3.63, 3.8) is 0 Å². The van der Waals surface area contributed by atoms with E-state index in [1.165, 1.54) is 17.7 Å². The van der Waals surface area contributed by atoms with Crippen LogP contribution in [0.25, 0.3) is 11.0 Å². The SMILES string of the molecule is COc1cccc(C(NC(=O)c2ccc3c(c2)nc(C(F)F)n3C)c2cccnc2)c1. The summed E-state index contributed by atoms with van der Waals surface area (Å²) in [5.74, 6) is -0.0323. The van der Waals surface area contributed by atoms with Gasteiger partial charge in [-0.3, -0.25) is 9.78 Å². The number of nitrogens with zero attached hydrogens (tertiary/aromatic N) is 3. The van der Waals surface area contributed by atoms with E-state index in [1.807, 2.05) is 30.3 Å². The van der Waals surface area contributed by atoms with E-state index in [0.717, 1.165) is 11.1 Å². The molecule has 4 aromatic rings. The van der Waals surface area contributed by atoms with E-state index in [0.29, 0.717) is 22.3 Å². The minimum Gasteiger partial charge on any atom is -0.497 e. The summed E-state index contributed by atoms with van der Waals surface area (Å²) in [6.45, 7) is 0. The van der Waals surface area contributed by atoms with Gasteiger partial charge in [0.2, 0.25) is 0 Å². The number of pyridine rings is 1. The van der Waals surface area contributed by atoms with Gasteiger partial charge in [0, 0.05) is 25.0 Å². The zero-order chi connectivity index (χ0) is 22.0. The van der Waals surface area contributed by atoms with Gasteiger partial charge in [0.25, 0.3) is 12.3 Å². The number of benzene rings is 2. The Balaban J connectivity index is 1.69. The molecule has 1 unspecified atom stereocenters. The molecule has 2 aromatic carbocycles. The van der Waals surface area contributed by atoms with Gasteiger partial charge in [-0.1, -0.05) is 18.2 Å². The van der Waals surface area contributed by atoms with Crippen molar-refractivity contribution in [1.29, 1.82) is 0 Å². The molecule has 0 radical (unpaired) electrons. The zero-order valence-corrected chi connectivity index (χ0v) is 16.9. The standard InChI is InChI=1S/C23H20F2N4O2/c1-29-19-9-8-15(12-18(19)27-22(29)21(24)25)23(30)28-20(16-6-4-10-26-13-16)14-5-3-7-17(11-14)31-2/h3-13,20-21H,1-2H3,(H,28,30). The molecular formula is C23H20F2N4O2. The highest BCUT2D eigenvalue weighted by molar-refractivity contribution is 5.97. The molecule has 2 aromatic heterocycles. The van der Waals surface area contributed by atoms with E-state index < -0.39 is 12.5 Å². The van der Waals surface area contributed by atoms with E-state index in [-0.39, 0.29) is 11.7 Å². The summed E-state index contributed by atoms with van der Waals surface area (Å²) in [6, 6.07) is 15.3. The second kappa shape index (κ2) is 8.51. The predicted molar refractivity (Wildman–Crippen MR) is 112 cm³/mol. The van der Waals surface area contributed by atoms with Crippen LogP contribution in [0.2, 0.25) is 0 Å². The van der Waals surface area contributed by atoms with Crippen LogP contribution in [0, 0.1) is 0 Å². The summed E-state index contributed by atoms with van der Waals surface area (Å²) in [5.41, 5.74) is 2.80. The number of amides is 1. The minimum atomic E-state index is -2.70. The number of fused-ring (bicyclic) bond motifs is 1. The van der Waals surface area contributed by atoms with Crippen LogP contribution < -0.4 is 10.1 Å². The van der Waals surface area contributed by atoms with Gasteiger partial charge >= 0.3 is 0 Å². The van der Waals surface area contributed by atoms with Crippen LogP contribution in [0.3, 0.4) is 0 Å². The number of carbonyl (C=O) groups is 1. The van der Waals surface area contributed by atoms with Crippen LogP contribution in [-0.2, 0) is 7.05 Å². The maximum atomic E-state index is 13.2. The van der Waals surface area contributed by atoms with Gasteiger partial charge in [0.1, 0.15) is 5.75 Å². The lowest BCUT2D eigenvalue weighted by Crippen LogP contribution is -2.29. The topological polar surface area (TPSA) is 69.0 Å². The van der Waals surface area contributed by atoms with Crippen LogP contribution in [0.15, 0.2) is 67.0 Å². The fourth-order valence-corrected chi connectivity index (χ4v) is 3.50. The lowest BCUT2D eigenvalue weighted by atomic mass is 9.99. The van der Waals surface area contributed by atoms with Crippen molar-refractivity contribution >= 4 is 16.9 Å². The first-order chi connectivity index (χ1) is 15.0. The van der Waals surface area contributed by atoms with Crippen LogP contribution in [0.1, 0.15) is 39.8 Å². The Morgan fingerprint density at radius 1 is 1.10 bits per heavy atom. The number of imidazole rings is 1. The zero-order valence-electron chi connectivity index (χ0n) is 16.9. The van der Waals surface area contributed by atoms with Crippen molar-refractivity contribution in [3.05, 3.63) is 89.5 Å². The lowest BCUT2D eigenvalue weighted by molar-refractivity contribution is 0.0943. The number of methoxy groups -OCH3 is 1. The van der Waals surface area contributed by atoms with Crippen molar-refractivity contribution < 1.29 is 18.3 Å². The van der Waals surface area contributed by atoms with Crippen molar-refractivity contribution in [3.8, 4) is 5.75 Å². The molecule has 0 saturated carbocycles. The highest BCUT2D eigenvalue weighted by atomic mass is 19.3. The van der Waals surface area contributed by atoms with Crippen LogP contribution >= 0.6 is 0 Å².